The quantitative estimate of drug-likeness (QED) is 0.660. The lowest BCUT2D eigenvalue weighted by Gasteiger charge is -2.05. The summed E-state index contributed by atoms with van der Waals surface area (Å²) >= 11 is 0. The Morgan fingerprint density at radius 3 is 2.60 bits per heavy atom. The zero-order chi connectivity index (χ0) is 14.4. The van der Waals surface area contributed by atoms with Gasteiger partial charge in [0.1, 0.15) is 11.4 Å². The van der Waals surface area contributed by atoms with E-state index in [9.17, 15) is 9.90 Å². The van der Waals surface area contributed by atoms with Crippen molar-refractivity contribution in [3.05, 3.63) is 59.9 Å². The van der Waals surface area contributed by atoms with Crippen molar-refractivity contribution in [1.29, 1.82) is 0 Å². The van der Waals surface area contributed by atoms with Gasteiger partial charge >= 0.3 is 0 Å². The first-order valence-corrected chi connectivity index (χ1v) is 6.28. The summed E-state index contributed by atoms with van der Waals surface area (Å²) in [5, 5.41) is 13.4. The van der Waals surface area contributed by atoms with Gasteiger partial charge in [0, 0.05) is 6.20 Å². The molecule has 2 aromatic rings. The number of aromatic nitrogens is 1. The van der Waals surface area contributed by atoms with E-state index in [1.165, 1.54) is 0 Å². The van der Waals surface area contributed by atoms with Crippen LogP contribution in [0.2, 0.25) is 0 Å². The highest BCUT2D eigenvalue weighted by molar-refractivity contribution is 6.01. The van der Waals surface area contributed by atoms with Crippen molar-refractivity contribution in [2.45, 2.75) is 13.3 Å². The zero-order valence-corrected chi connectivity index (χ0v) is 11.1. The number of phenolic OH excluding ortho intramolecular Hbond substituents is 1. The highest BCUT2D eigenvalue weighted by Crippen LogP contribution is 2.11. The number of carbonyl (C=O) groups is 1. The number of rotatable bonds is 4. The minimum absolute atomic E-state index is 0.196. The second-order valence-corrected chi connectivity index (χ2v) is 4.11. The molecule has 0 bridgehead atoms. The van der Waals surface area contributed by atoms with E-state index < -0.39 is 0 Å². The Morgan fingerprint density at radius 1 is 1.25 bits per heavy atom. The molecule has 1 heterocycles. The van der Waals surface area contributed by atoms with Gasteiger partial charge in [-0.15, -0.1) is 0 Å². The highest BCUT2D eigenvalue weighted by Gasteiger charge is 2.06. The fourth-order valence-corrected chi connectivity index (χ4v) is 1.67. The summed E-state index contributed by atoms with van der Waals surface area (Å²) in [5.41, 5.74) is 4.39. The average Bonchev–Trinajstić information content (AvgIpc) is 2.50. The zero-order valence-electron chi connectivity index (χ0n) is 11.1. The number of aromatic hydroxyl groups is 1. The number of nitrogens with one attached hydrogen (secondary N) is 1. The molecule has 1 amide bonds. The molecule has 20 heavy (non-hydrogen) atoms. The number of benzene rings is 1. The standard InChI is InChI=1S/C15H15N3O2/c1-2-13(11-6-8-12(19)9-7-11)17-18-15(20)14-5-3-4-10-16-14/h3-10,19H,2H2,1H3,(H,18,20)/b17-13-. The second kappa shape index (κ2) is 6.47. The molecule has 0 aliphatic carbocycles. The van der Waals surface area contributed by atoms with E-state index in [1.54, 1.807) is 48.7 Å². The van der Waals surface area contributed by atoms with E-state index in [-0.39, 0.29) is 11.7 Å². The minimum atomic E-state index is -0.352. The van der Waals surface area contributed by atoms with Gasteiger partial charge in [-0.3, -0.25) is 9.78 Å². The van der Waals surface area contributed by atoms with Crippen molar-refractivity contribution in [2.75, 3.05) is 0 Å². The van der Waals surface area contributed by atoms with E-state index in [4.69, 9.17) is 0 Å². The molecule has 0 aliphatic heterocycles. The molecule has 0 radical (unpaired) electrons. The summed E-state index contributed by atoms with van der Waals surface area (Å²) < 4.78 is 0. The summed E-state index contributed by atoms with van der Waals surface area (Å²) in [6, 6.07) is 11.8. The van der Waals surface area contributed by atoms with E-state index in [2.05, 4.69) is 15.5 Å². The van der Waals surface area contributed by atoms with Gasteiger partial charge in [0.25, 0.3) is 5.91 Å². The number of pyridine rings is 1. The molecule has 0 unspecified atom stereocenters. The lowest BCUT2D eigenvalue weighted by atomic mass is 10.1. The third-order valence-corrected chi connectivity index (χ3v) is 2.73. The maximum Gasteiger partial charge on any atom is 0.289 e. The predicted octanol–water partition coefficient (Wildman–Crippen LogP) is 2.33. The molecular weight excluding hydrogens is 254 g/mol. The number of hydrogen-bond acceptors (Lipinski definition) is 4. The van der Waals surface area contributed by atoms with Crippen LogP contribution in [0.4, 0.5) is 0 Å². The molecule has 0 saturated heterocycles. The molecule has 0 atom stereocenters. The van der Waals surface area contributed by atoms with Gasteiger partial charge in [-0.1, -0.05) is 13.0 Å². The highest BCUT2D eigenvalue weighted by atomic mass is 16.3. The molecule has 2 rings (SSSR count). The van der Waals surface area contributed by atoms with Gasteiger partial charge in [-0.2, -0.15) is 5.10 Å². The van der Waals surface area contributed by atoms with E-state index in [0.29, 0.717) is 12.1 Å². The number of hydrogen-bond donors (Lipinski definition) is 2. The fraction of sp³-hybridized carbons (Fsp3) is 0.133. The lowest BCUT2D eigenvalue weighted by molar-refractivity contribution is 0.0950. The van der Waals surface area contributed by atoms with Crippen LogP contribution in [-0.2, 0) is 0 Å². The van der Waals surface area contributed by atoms with Gasteiger partial charge in [-0.25, -0.2) is 5.43 Å². The van der Waals surface area contributed by atoms with Crippen LogP contribution in [0, 0.1) is 0 Å². The first kappa shape index (κ1) is 13.7. The molecule has 5 nitrogen and oxygen atoms in total. The summed E-state index contributed by atoms with van der Waals surface area (Å²) in [6.45, 7) is 1.94. The number of hydrazone groups is 1. The summed E-state index contributed by atoms with van der Waals surface area (Å²) in [7, 11) is 0. The van der Waals surface area contributed by atoms with Gasteiger partial charge in [0.2, 0.25) is 0 Å². The smallest absolute Gasteiger partial charge is 0.289 e. The van der Waals surface area contributed by atoms with Crippen LogP contribution < -0.4 is 5.43 Å². The molecule has 0 fully saturated rings. The van der Waals surface area contributed by atoms with Crippen molar-refractivity contribution in [3.8, 4) is 5.75 Å². The second-order valence-electron chi connectivity index (χ2n) is 4.11. The Morgan fingerprint density at radius 2 is 2.00 bits per heavy atom. The minimum Gasteiger partial charge on any atom is -0.508 e. The van der Waals surface area contributed by atoms with Gasteiger partial charge in [0.05, 0.1) is 5.71 Å². The van der Waals surface area contributed by atoms with Crippen LogP contribution >= 0.6 is 0 Å². The molecule has 5 heteroatoms. The number of phenols is 1. The Hall–Kier alpha value is -2.69. The molecule has 2 N–H and O–H groups in total. The van der Waals surface area contributed by atoms with Crippen LogP contribution in [0.15, 0.2) is 53.8 Å². The molecule has 1 aromatic heterocycles. The van der Waals surface area contributed by atoms with Crippen LogP contribution in [0.3, 0.4) is 0 Å². The Labute approximate surface area is 117 Å². The topological polar surface area (TPSA) is 74.6 Å². The molecule has 102 valence electrons. The lowest BCUT2D eigenvalue weighted by Crippen LogP contribution is -2.20. The Bertz CT molecular complexity index is 607. The maximum absolute atomic E-state index is 11.8. The van der Waals surface area contributed by atoms with E-state index in [1.807, 2.05) is 6.92 Å². The molecule has 0 aliphatic rings. The van der Waals surface area contributed by atoms with Crippen molar-refractivity contribution in [2.24, 2.45) is 5.10 Å². The SMILES string of the molecule is CC/C(=N/NC(=O)c1ccccn1)c1ccc(O)cc1. The van der Waals surface area contributed by atoms with Crippen LogP contribution in [0.25, 0.3) is 0 Å². The summed E-state index contributed by atoms with van der Waals surface area (Å²) in [5.74, 6) is -0.156. The van der Waals surface area contributed by atoms with Crippen molar-refractivity contribution in [1.82, 2.24) is 10.4 Å². The Kier molecular flexibility index (Phi) is 4.44. The van der Waals surface area contributed by atoms with Gasteiger partial charge < -0.3 is 5.11 Å². The first-order chi connectivity index (χ1) is 9.70. The van der Waals surface area contributed by atoms with Crippen LogP contribution in [0.5, 0.6) is 5.75 Å². The first-order valence-electron chi connectivity index (χ1n) is 6.28. The van der Waals surface area contributed by atoms with Crippen molar-refractivity contribution >= 4 is 11.6 Å². The normalized spacial score (nSPS) is 11.2. The number of nitrogens with zero attached hydrogens (tertiary/aromatic N) is 2. The number of carbonyl (C=O) groups excluding carboxylic acids is 1. The van der Waals surface area contributed by atoms with Gasteiger partial charge in [0.15, 0.2) is 0 Å². The molecule has 0 spiro atoms. The third kappa shape index (κ3) is 3.41. The monoisotopic (exact) mass is 269 g/mol. The Balaban J connectivity index is 2.12. The van der Waals surface area contributed by atoms with E-state index >= 15 is 0 Å². The largest absolute Gasteiger partial charge is 0.508 e. The van der Waals surface area contributed by atoms with Gasteiger partial charge in [-0.05, 0) is 48.4 Å². The molecule has 0 saturated carbocycles. The average molecular weight is 269 g/mol. The van der Waals surface area contributed by atoms with Crippen molar-refractivity contribution in [3.63, 3.8) is 0 Å². The number of amides is 1. The van der Waals surface area contributed by atoms with Crippen LogP contribution in [0.1, 0.15) is 29.4 Å². The maximum atomic E-state index is 11.8. The van der Waals surface area contributed by atoms with E-state index in [0.717, 1.165) is 11.3 Å². The predicted molar refractivity (Wildman–Crippen MR) is 76.6 cm³/mol. The molecular formula is C15H15N3O2. The van der Waals surface area contributed by atoms with Crippen molar-refractivity contribution < 1.29 is 9.90 Å². The summed E-state index contributed by atoms with van der Waals surface area (Å²) in [4.78, 5) is 15.8. The molecule has 1 aromatic carbocycles. The van der Waals surface area contributed by atoms with Crippen LogP contribution in [-0.4, -0.2) is 21.7 Å². The summed E-state index contributed by atoms with van der Waals surface area (Å²) in [6.07, 6.45) is 2.21. The fourth-order valence-electron chi connectivity index (χ4n) is 1.67. The third-order valence-electron chi connectivity index (χ3n) is 2.73.